The van der Waals surface area contributed by atoms with Gasteiger partial charge in [0.2, 0.25) is 11.7 Å². The lowest BCUT2D eigenvalue weighted by Crippen LogP contribution is -2.43. The minimum atomic E-state index is -1.07. The van der Waals surface area contributed by atoms with Crippen LogP contribution in [-0.4, -0.2) is 17.0 Å². The average molecular weight is 429 g/mol. The van der Waals surface area contributed by atoms with Gasteiger partial charge in [0.15, 0.2) is 0 Å². The number of carbonyl (C=O) groups is 2. The summed E-state index contributed by atoms with van der Waals surface area (Å²) in [7, 11) is 0. The SMILES string of the molecule is O=C(NCc1ccccc1)[C@H](c1ccc(F)cc1)N(C(=O)c1ccno1)c1ccccc1. The molecule has 1 N–H and O–H groups in total. The fourth-order valence-electron chi connectivity index (χ4n) is 3.36. The van der Waals surface area contributed by atoms with Gasteiger partial charge in [0.05, 0.1) is 6.20 Å². The maximum Gasteiger partial charge on any atom is 0.297 e. The Kier molecular flexibility index (Phi) is 6.36. The second kappa shape index (κ2) is 9.70. The van der Waals surface area contributed by atoms with Crippen LogP contribution in [0.4, 0.5) is 10.1 Å². The Balaban J connectivity index is 1.75. The van der Waals surface area contributed by atoms with E-state index in [4.69, 9.17) is 4.52 Å². The number of hydrogen-bond donors (Lipinski definition) is 1. The molecule has 160 valence electrons. The summed E-state index contributed by atoms with van der Waals surface area (Å²) in [5, 5.41) is 6.50. The molecule has 0 unspecified atom stereocenters. The number of benzene rings is 3. The number of nitrogens with zero attached hydrogens (tertiary/aromatic N) is 2. The summed E-state index contributed by atoms with van der Waals surface area (Å²) in [4.78, 5) is 28.2. The maximum atomic E-state index is 13.6. The minimum Gasteiger partial charge on any atom is -0.351 e. The molecule has 0 aliphatic heterocycles. The van der Waals surface area contributed by atoms with Crippen molar-refractivity contribution < 1.29 is 18.5 Å². The number of rotatable bonds is 7. The largest absolute Gasteiger partial charge is 0.351 e. The quantitative estimate of drug-likeness (QED) is 0.469. The fraction of sp³-hybridized carbons (Fsp3) is 0.0800. The van der Waals surface area contributed by atoms with Crippen LogP contribution < -0.4 is 10.2 Å². The van der Waals surface area contributed by atoms with Crippen LogP contribution in [0.1, 0.15) is 27.7 Å². The first-order valence-corrected chi connectivity index (χ1v) is 10.00. The fourth-order valence-corrected chi connectivity index (χ4v) is 3.36. The second-order valence-corrected chi connectivity index (χ2v) is 7.04. The standard InChI is InChI=1S/C25H20FN3O3/c26-20-13-11-19(12-14-20)23(24(30)27-17-18-7-3-1-4-8-18)29(21-9-5-2-6-10-21)25(31)22-15-16-28-32-22/h1-16,23H,17H2,(H,27,30)/t23-/m0/s1. The van der Waals surface area contributed by atoms with Crippen molar-refractivity contribution in [1.82, 2.24) is 10.5 Å². The van der Waals surface area contributed by atoms with Gasteiger partial charge in [-0.05, 0) is 35.4 Å². The van der Waals surface area contributed by atoms with E-state index in [2.05, 4.69) is 10.5 Å². The van der Waals surface area contributed by atoms with Gasteiger partial charge in [-0.15, -0.1) is 0 Å². The van der Waals surface area contributed by atoms with Gasteiger partial charge >= 0.3 is 0 Å². The van der Waals surface area contributed by atoms with Crippen molar-refractivity contribution in [2.24, 2.45) is 0 Å². The molecule has 0 radical (unpaired) electrons. The molecule has 0 saturated heterocycles. The number of amides is 2. The highest BCUT2D eigenvalue weighted by atomic mass is 19.1. The Morgan fingerprint density at radius 3 is 2.19 bits per heavy atom. The number of nitrogens with one attached hydrogen (secondary N) is 1. The van der Waals surface area contributed by atoms with Gasteiger partial charge in [0, 0.05) is 18.3 Å². The van der Waals surface area contributed by atoms with Crippen LogP contribution in [0.15, 0.2) is 102 Å². The average Bonchev–Trinajstić information content (AvgIpc) is 3.38. The van der Waals surface area contributed by atoms with Gasteiger partial charge in [-0.1, -0.05) is 65.8 Å². The Hall–Kier alpha value is -4.26. The molecule has 4 aromatic rings. The molecule has 0 fully saturated rings. The molecule has 3 aromatic carbocycles. The Bertz CT molecular complexity index is 1160. The lowest BCUT2D eigenvalue weighted by molar-refractivity contribution is -0.122. The van der Waals surface area contributed by atoms with Crippen LogP contribution in [0.5, 0.6) is 0 Å². The molecule has 1 heterocycles. The maximum absolute atomic E-state index is 13.6. The molecular weight excluding hydrogens is 409 g/mol. The van der Waals surface area contributed by atoms with E-state index in [1.54, 1.807) is 24.3 Å². The first-order chi connectivity index (χ1) is 15.6. The molecule has 0 bridgehead atoms. The first kappa shape index (κ1) is 21.0. The zero-order valence-electron chi connectivity index (χ0n) is 17.0. The van der Waals surface area contributed by atoms with E-state index in [0.29, 0.717) is 11.3 Å². The molecule has 0 aliphatic carbocycles. The van der Waals surface area contributed by atoms with Crippen molar-refractivity contribution >= 4 is 17.5 Å². The van der Waals surface area contributed by atoms with E-state index in [9.17, 15) is 14.0 Å². The second-order valence-electron chi connectivity index (χ2n) is 7.04. The summed E-state index contributed by atoms with van der Waals surface area (Å²) in [5.41, 5.74) is 1.85. The minimum absolute atomic E-state index is 0.0168. The third kappa shape index (κ3) is 4.73. The van der Waals surface area contributed by atoms with Crippen molar-refractivity contribution in [2.75, 3.05) is 4.90 Å². The number of halogens is 1. The van der Waals surface area contributed by atoms with Crippen LogP contribution in [0.2, 0.25) is 0 Å². The van der Waals surface area contributed by atoms with Gasteiger partial charge < -0.3 is 9.84 Å². The highest BCUT2D eigenvalue weighted by molar-refractivity contribution is 6.08. The summed E-state index contributed by atoms with van der Waals surface area (Å²) in [5.74, 6) is -1.42. The lowest BCUT2D eigenvalue weighted by Gasteiger charge is -2.30. The monoisotopic (exact) mass is 429 g/mol. The summed E-state index contributed by atoms with van der Waals surface area (Å²) in [6, 6.07) is 24.1. The number of para-hydroxylation sites is 1. The third-order valence-corrected chi connectivity index (χ3v) is 4.90. The van der Waals surface area contributed by atoms with E-state index >= 15 is 0 Å². The van der Waals surface area contributed by atoms with E-state index < -0.39 is 23.7 Å². The molecule has 0 spiro atoms. The van der Waals surface area contributed by atoms with Crippen molar-refractivity contribution in [1.29, 1.82) is 0 Å². The molecule has 4 rings (SSSR count). The summed E-state index contributed by atoms with van der Waals surface area (Å²) in [6.07, 6.45) is 1.36. The van der Waals surface area contributed by atoms with E-state index in [0.717, 1.165) is 5.56 Å². The smallest absolute Gasteiger partial charge is 0.297 e. The Morgan fingerprint density at radius 1 is 0.906 bits per heavy atom. The van der Waals surface area contributed by atoms with E-state index in [1.807, 2.05) is 36.4 Å². The van der Waals surface area contributed by atoms with Crippen LogP contribution in [-0.2, 0) is 11.3 Å². The zero-order chi connectivity index (χ0) is 22.3. The number of carbonyl (C=O) groups excluding carboxylic acids is 2. The van der Waals surface area contributed by atoms with Crippen molar-refractivity contribution in [3.05, 3.63) is 120 Å². The van der Waals surface area contributed by atoms with Crippen LogP contribution in [0.3, 0.4) is 0 Å². The summed E-state index contributed by atoms with van der Waals surface area (Å²) >= 11 is 0. The molecule has 2 amide bonds. The first-order valence-electron chi connectivity index (χ1n) is 10.00. The molecular formula is C25H20FN3O3. The van der Waals surface area contributed by atoms with Crippen molar-refractivity contribution in [3.63, 3.8) is 0 Å². The van der Waals surface area contributed by atoms with Crippen LogP contribution in [0, 0.1) is 5.82 Å². The van der Waals surface area contributed by atoms with Crippen LogP contribution in [0.25, 0.3) is 0 Å². The summed E-state index contributed by atoms with van der Waals surface area (Å²) in [6.45, 7) is 0.274. The van der Waals surface area contributed by atoms with Crippen LogP contribution >= 0.6 is 0 Å². The molecule has 32 heavy (non-hydrogen) atoms. The number of hydrogen-bond acceptors (Lipinski definition) is 4. The molecule has 0 saturated carbocycles. The zero-order valence-corrected chi connectivity index (χ0v) is 17.0. The van der Waals surface area contributed by atoms with Gasteiger partial charge in [-0.3, -0.25) is 14.5 Å². The van der Waals surface area contributed by atoms with Gasteiger partial charge in [-0.25, -0.2) is 4.39 Å². The highest BCUT2D eigenvalue weighted by Crippen LogP contribution is 2.30. The molecule has 1 aromatic heterocycles. The van der Waals surface area contributed by atoms with Gasteiger partial charge in [0.1, 0.15) is 11.9 Å². The number of anilines is 1. The Morgan fingerprint density at radius 2 is 1.56 bits per heavy atom. The third-order valence-electron chi connectivity index (χ3n) is 4.90. The summed E-state index contributed by atoms with van der Waals surface area (Å²) < 4.78 is 18.7. The van der Waals surface area contributed by atoms with Crippen molar-refractivity contribution in [2.45, 2.75) is 12.6 Å². The highest BCUT2D eigenvalue weighted by Gasteiger charge is 2.34. The molecule has 7 heteroatoms. The van der Waals surface area contributed by atoms with E-state index in [1.165, 1.54) is 41.4 Å². The molecule has 0 aliphatic rings. The van der Waals surface area contributed by atoms with E-state index in [-0.39, 0.29) is 12.3 Å². The predicted molar refractivity (Wildman–Crippen MR) is 117 cm³/mol. The van der Waals surface area contributed by atoms with Gasteiger partial charge in [-0.2, -0.15) is 0 Å². The molecule has 1 atom stereocenters. The van der Waals surface area contributed by atoms with Gasteiger partial charge in [0.25, 0.3) is 5.91 Å². The number of aromatic nitrogens is 1. The topological polar surface area (TPSA) is 75.4 Å². The lowest BCUT2D eigenvalue weighted by atomic mass is 10.0. The normalized spacial score (nSPS) is 11.5. The van der Waals surface area contributed by atoms with Crippen molar-refractivity contribution in [3.8, 4) is 0 Å². The Labute approximate surface area is 184 Å². The molecule has 6 nitrogen and oxygen atoms in total. The predicted octanol–water partition coefficient (Wildman–Crippen LogP) is 4.52.